The highest BCUT2D eigenvalue weighted by molar-refractivity contribution is 5.80. The molecule has 1 atom stereocenters. The van der Waals surface area contributed by atoms with E-state index in [0.29, 0.717) is 13.0 Å². The molecule has 20 heavy (non-hydrogen) atoms. The molecule has 1 unspecified atom stereocenters. The summed E-state index contributed by atoms with van der Waals surface area (Å²) in [5.41, 5.74) is 2.12. The van der Waals surface area contributed by atoms with Crippen molar-refractivity contribution in [2.45, 2.75) is 39.2 Å². The smallest absolute Gasteiger partial charge is 0.309 e. The first-order valence-corrected chi connectivity index (χ1v) is 7.03. The average Bonchev–Trinajstić information content (AvgIpc) is 2.64. The van der Waals surface area contributed by atoms with E-state index in [4.69, 9.17) is 9.47 Å². The van der Waals surface area contributed by atoms with Crippen LogP contribution in [0, 0.1) is 12.8 Å². The lowest BCUT2D eigenvalue weighted by Gasteiger charge is -2.11. The molecule has 0 amide bonds. The Morgan fingerprint density at radius 1 is 1.30 bits per heavy atom. The molecule has 4 nitrogen and oxygen atoms in total. The molecule has 0 radical (unpaired) electrons. The van der Waals surface area contributed by atoms with Crippen LogP contribution in [0.15, 0.2) is 24.3 Å². The normalized spacial score (nSPS) is 19.1. The zero-order valence-corrected chi connectivity index (χ0v) is 11.8. The Bertz CT molecular complexity index is 464. The number of cyclic esters (lactones) is 1. The highest BCUT2D eigenvalue weighted by Crippen LogP contribution is 2.19. The van der Waals surface area contributed by atoms with Gasteiger partial charge in [-0.2, -0.15) is 0 Å². The van der Waals surface area contributed by atoms with Gasteiger partial charge in [0.05, 0.1) is 18.9 Å². The number of benzene rings is 1. The third-order valence-electron chi connectivity index (χ3n) is 3.46. The fraction of sp³-hybridized carbons (Fsp3) is 0.500. The summed E-state index contributed by atoms with van der Waals surface area (Å²) < 4.78 is 10.3. The summed E-state index contributed by atoms with van der Waals surface area (Å²) in [6, 6.07) is 7.82. The molecular formula is C16H20O4. The second kappa shape index (κ2) is 7.08. The highest BCUT2D eigenvalue weighted by atomic mass is 16.5. The van der Waals surface area contributed by atoms with Crippen LogP contribution in [-0.4, -0.2) is 18.5 Å². The van der Waals surface area contributed by atoms with Crippen molar-refractivity contribution in [2.24, 2.45) is 5.92 Å². The van der Waals surface area contributed by atoms with Crippen molar-refractivity contribution in [3.05, 3.63) is 35.4 Å². The van der Waals surface area contributed by atoms with Gasteiger partial charge in [-0.15, -0.1) is 0 Å². The van der Waals surface area contributed by atoms with E-state index in [1.165, 1.54) is 5.56 Å². The van der Waals surface area contributed by atoms with Gasteiger partial charge in [0.1, 0.15) is 6.61 Å². The first-order chi connectivity index (χ1) is 9.65. The largest absolute Gasteiger partial charge is 0.465 e. The van der Waals surface area contributed by atoms with Crippen LogP contribution >= 0.6 is 0 Å². The van der Waals surface area contributed by atoms with Crippen LogP contribution in [0.4, 0.5) is 0 Å². The molecule has 1 heterocycles. The first-order valence-electron chi connectivity index (χ1n) is 7.03. The molecule has 0 N–H and O–H groups in total. The molecule has 1 aliphatic heterocycles. The summed E-state index contributed by atoms with van der Waals surface area (Å²) in [6.07, 6.45) is 2.62. The molecule has 4 heteroatoms. The van der Waals surface area contributed by atoms with E-state index >= 15 is 0 Å². The first kappa shape index (κ1) is 14.6. The summed E-state index contributed by atoms with van der Waals surface area (Å²) >= 11 is 0. The number of ether oxygens (including phenoxy) is 2. The van der Waals surface area contributed by atoms with Crippen LogP contribution < -0.4 is 0 Å². The van der Waals surface area contributed by atoms with Crippen molar-refractivity contribution < 1.29 is 19.1 Å². The molecule has 0 saturated carbocycles. The second-order valence-corrected chi connectivity index (χ2v) is 5.21. The maximum absolute atomic E-state index is 11.8. The van der Waals surface area contributed by atoms with Crippen molar-refractivity contribution in [1.29, 1.82) is 0 Å². The molecule has 1 fully saturated rings. The number of carbonyl (C=O) groups is 2. The summed E-state index contributed by atoms with van der Waals surface area (Å²) in [4.78, 5) is 23.4. The molecule has 1 aromatic rings. The minimum Gasteiger partial charge on any atom is -0.465 e. The minimum atomic E-state index is -0.344. The third-order valence-corrected chi connectivity index (χ3v) is 3.46. The van der Waals surface area contributed by atoms with Gasteiger partial charge >= 0.3 is 11.9 Å². The van der Waals surface area contributed by atoms with Gasteiger partial charge in [0.25, 0.3) is 0 Å². The van der Waals surface area contributed by atoms with Crippen molar-refractivity contribution in [1.82, 2.24) is 0 Å². The lowest BCUT2D eigenvalue weighted by molar-refractivity contribution is -0.155. The fourth-order valence-corrected chi connectivity index (χ4v) is 2.19. The zero-order chi connectivity index (χ0) is 14.4. The predicted molar refractivity (Wildman–Crippen MR) is 73.9 cm³/mol. The van der Waals surface area contributed by atoms with E-state index in [0.717, 1.165) is 18.4 Å². The second-order valence-electron chi connectivity index (χ2n) is 5.21. The van der Waals surface area contributed by atoms with Gasteiger partial charge in [0.15, 0.2) is 0 Å². The van der Waals surface area contributed by atoms with E-state index in [9.17, 15) is 9.59 Å². The molecule has 1 aliphatic rings. The maximum atomic E-state index is 11.8. The van der Waals surface area contributed by atoms with Crippen LogP contribution in [0.1, 0.15) is 36.8 Å². The summed E-state index contributed by atoms with van der Waals surface area (Å²) in [6.45, 7) is 2.72. The van der Waals surface area contributed by atoms with E-state index < -0.39 is 0 Å². The predicted octanol–water partition coefficient (Wildman–Crippen LogP) is 2.77. The Balaban J connectivity index is 1.79. The lowest BCUT2D eigenvalue weighted by Crippen LogP contribution is -2.20. The highest BCUT2D eigenvalue weighted by Gasteiger charge is 2.25. The van der Waals surface area contributed by atoms with Gasteiger partial charge in [-0.05, 0) is 31.7 Å². The Morgan fingerprint density at radius 2 is 2.05 bits per heavy atom. The Hall–Kier alpha value is -1.84. The average molecular weight is 276 g/mol. The van der Waals surface area contributed by atoms with Gasteiger partial charge in [-0.3, -0.25) is 9.59 Å². The standard InChI is InChI=1S/C16H20O4/c1-12-5-7-13(8-6-12)11-20-15(17)10-14-4-2-3-9-19-16(14)18/h5-8,14H,2-4,9-11H2,1H3. The zero-order valence-electron chi connectivity index (χ0n) is 11.8. The van der Waals surface area contributed by atoms with E-state index in [2.05, 4.69) is 0 Å². The Kier molecular flexibility index (Phi) is 5.16. The van der Waals surface area contributed by atoms with Crippen LogP contribution in [0.2, 0.25) is 0 Å². The van der Waals surface area contributed by atoms with E-state index in [-0.39, 0.29) is 30.9 Å². The van der Waals surface area contributed by atoms with E-state index in [1.54, 1.807) is 0 Å². The molecule has 108 valence electrons. The minimum absolute atomic E-state index is 0.116. The molecule has 0 aromatic heterocycles. The number of hydrogen-bond acceptors (Lipinski definition) is 4. The topological polar surface area (TPSA) is 52.6 Å². The van der Waals surface area contributed by atoms with Gasteiger partial charge in [0, 0.05) is 0 Å². The molecular weight excluding hydrogens is 256 g/mol. The van der Waals surface area contributed by atoms with Crippen molar-refractivity contribution in [3.63, 3.8) is 0 Å². The number of esters is 2. The Labute approximate surface area is 119 Å². The van der Waals surface area contributed by atoms with Crippen molar-refractivity contribution >= 4 is 11.9 Å². The van der Waals surface area contributed by atoms with Crippen LogP contribution in [0.25, 0.3) is 0 Å². The molecule has 0 bridgehead atoms. The molecule has 1 saturated heterocycles. The summed E-state index contributed by atoms with van der Waals surface area (Å²) in [5.74, 6) is -0.952. The molecule has 1 aromatic carbocycles. The van der Waals surface area contributed by atoms with Gasteiger partial charge in [-0.25, -0.2) is 0 Å². The Morgan fingerprint density at radius 3 is 2.80 bits per heavy atom. The van der Waals surface area contributed by atoms with Crippen LogP contribution in [0.3, 0.4) is 0 Å². The van der Waals surface area contributed by atoms with Gasteiger partial charge in [0.2, 0.25) is 0 Å². The molecule has 0 aliphatic carbocycles. The SMILES string of the molecule is Cc1ccc(COC(=O)CC2CCCCOC2=O)cc1. The summed E-state index contributed by atoms with van der Waals surface area (Å²) in [5, 5.41) is 0. The fourth-order valence-electron chi connectivity index (χ4n) is 2.19. The maximum Gasteiger partial charge on any atom is 0.309 e. The van der Waals surface area contributed by atoms with Gasteiger partial charge in [-0.1, -0.05) is 29.8 Å². The van der Waals surface area contributed by atoms with Crippen LogP contribution in [-0.2, 0) is 25.7 Å². The number of rotatable bonds is 4. The summed E-state index contributed by atoms with van der Waals surface area (Å²) in [7, 11) is 0. The van der Waals surface area contributed by atoms with Crippen molar-refractivity contribution in [3.8, 4) is 0 Å². The quantitative estimate of drug-likeness (QED) is 0.793. The number of aryl methyl sites for hydroxylation is 1. The third kappa shape index (κ3) is 4.37. The number of hydrogen-bond donors (Lipinski definition) is 0. The van der Waals surface area contributed by atoms with Crippen LogP contribution in [0.5, 0.6) is 0 Å². The number of carbonyl (C=O) groups excluding carboxylic acids is 2. The van der Waals surface area contributed by atoms with Gasteiger partial charge < -0.3 is 9.47 Å². The molecule has 2 rings (SSSR count). The lowest BCUT2D eigenvalue weighted by atomic mass is 10.00. The van der Waals surface area contributed by atoms with E-state index in [1.807, 2.05) is 31.2 Å². The monoisotopic (exact) mass is 276 g/mol. The molecule has 0 spiro atoms. The van der Waals surface area contributed by atoms with Crippen molar-refractivity contribution in [2.75, 3.05) is 6.61 Å².